The molecular weight excluding hydrogens is 242 g/mol. The van der Waals surface area contributed by atoms with Crippen LogP contribution in [0.25, 0.3) is 0 Å². The van der Waals surface area contributed by atoms with E-state index in [1.165, 1.54) is 0 Å². The number of aliphatic hydroxyl groups is 1. The average Bonchev–Trinajstić information content (AvgIpc) is 2.62. The number of carbonyl (C=O) groups excluding carboxylic acids is 1. The first-order valence-electron chi connectivity index (χ1n) is 6.95. The van der Waals surface area contributed by atoms with Gasteiger partial charge in [-0.2, -0.15) is 5.10 Å². The second-order valence-electron chi connectivity index (χ2n) is 5.55. The van der Waals surface area contributed by atoms with Crippen molar-refractivity contribution in [3.8, 4) is 0 Å². The first-order chi connectivity index (χ1) is 8.99. The number of rotatable bonds is 3. The Labute approximate surface area is 114 Å². The van der Waals surface area contributed by atoms with Gasteiger partial charge in [0.15, 0.2) is 0 Å². The van der Waals surface area contributed by atoms with E-state index in [0.717, 1.165) is 37.1 Å². The summed E-state index contributed by atoms with van der Waals surface area (Å²) in [5.74, 6) is 0.457. The maximum Gasteiger partial charge on any atom is 0.255 e. The van der Waals surface area contributed by atoms with Crippen molar-refractivity contribution in [3.05, 3.63) is 17.0 Å². The number of nitrogens with zero attached hydrogens (tertiary/aromatic N) is 2. The highest BCUT2D eigenvalue weighted by molar-refractivity contribution is 5.96. The molecule has 1 fully saturated rings. The number of amides is 1. The summed E-state index contributed by atoms with van der Waals surface area (Å²) >= 11 is 0. The first kappa shape index (κ1) is 14.1. The first-order valence-corrected chi connectivity index (χ1v) is 6.95. The van der Waals surface area contributed by atoms with E-state index < -0.39 is 0 Å². The van der Waals surface area contributed by atoms with Crippen molar-refractivity contribution in [2.45, 2.75) is 45.6 Å². The van der Waals surface area contributed by atoms with Crippen molar-refractivity contribution in [3.63, 3.8) is 0 Å². The second-order valence-corrected chi connectivity index (χ2v) is 5.55. The van der Waals surface area contributed by atoms with Crippen LogP contribution < -0.4 is 5.32 Å². The molecule has 0 aromatic carbocycles. The standard InChI is InChI=1S/C14H23N3O2/c1-9-13(10(2)17(3)16-9)14(19)15-8-11-4-6-12(18)7-5-11/h11-12,18H,4-8H2,1-3H3,(H,15,19). The van der Waals surface area contributed by atoms with Crippen LogP contribution >= 0.6 is 0 Å². The number of nitrogens with one attached hydrogen (secondary N) is 1. The third kappa shape index (κ3) is 3.15. The second kappa shape index (κ2) is 5.74. The van der Waals surface area contributed by atoms with Crippen LogP contribution in [0.15, 0.2) is 0 Å². The Morgan fingerprint density at radius 1 is 1.37 bits per heavy atom. The largest absolute Gasteiger partial charge is 0.393 e. The lowest BCUT2D eigenvalue weighted by atomic mass is 9.87. The highest BCUT2D eigenvalue weighted by Crippen LogP contribution is 2.23. The minimum Gasteiger partial charge on any atom is -0.393 e. The Bertz CT molecular complexity index is 460. The fourth-order valence-corrected chi connectivity index (χ4v) is 2.78. The molecule has 19 heavy (non-hydrogen) atoms. The molecule has 0 saturated heterocycles. The lowest BCUT2D eigenvalue weighted by Crippen LogP contribution is -2.32. The predicted octanol–water partition coefficient (Wildman–Crippen LogP) is 1.32. The molecule has 0 bridgehead atoms. The summed E-state index contributed by atoms with van der Waals surface area (Å²) in [5, 5.41) is 16.7. The zero-order valence-electron chi connectivity index (χ0n) is 11.9. The SMILES string of the molecule is Cc1nn(C)c(C)c1C(=O)NCC1CCC(O)CC1. The van der Waals surface area contributed by atoms with Crippen molar-refractivity contribution >= 4 is 5.91 Å². The molecule has 1 aliphatic carbocycles. The van der Waals surface area contributed by atoms with Gasteiger partial charge >= 0.3 is 0 Å². The van der Waals surface area contributed by atoms with E-state index >= 15 is 0 Å². The third-order valence-corrected chi connectivity index (χ3v) is 4.10. The molecule has 0 aliphatic heterocycles. The minimum absolute atomic E-state index is 0.0331. The van der Waals surface area contributed by atoms with E-state index in [1.807, 2.05) is 20.9 Å². The van der Waals surface area contributed by atoms with Gasteiger partial charge in [-0.05, 0) is 45.4 Å². The van der Waals surface area contributed by atoms with Crippen LogP contribution in [0.2, 0.25) is 0 Å². The monoisotopic (exact) mass is 265 g/mol. The molecule has 0 spiro atoms. The lowest BCUT2D eigenvalue weighted by molar-refractivity contribution is 0.0909. The third-order valence-electron chi connectivity index (χ3n) is 4.10. The van der Waals surface area contributed by atoms with E-state index in [9.17, 15) is 9.90 Å². The van der Waals surface area contributed by atoms with Crippen LogP contribution in [0.3, 0.4) is 0 Å². The van der Waals surface area contributed by atoms with Crippen LogP contribution in [0.5, 0.6) is 0 Å². The molecule has 1 amide bonds. The number of aromatic nitrogens is 2. The van der Waals surface area contributed by atoms with Crippen molar-refractivity contribution in [2.24, 2.45) is 13.0 Å². The van der Waals surface area contributed by atoms with Gasteiger partial charge in [-0.1, -0.05) is 0 Å². The van der Waals surface area contributed by atoms with E-state index in [-0.39, 0.29) is 12.0 Å². The zero-order chi connectivity index (χ0) is 14.0. The molecule has 1 aromatic rings. The zero-order valence-corrected chi connectivity index (χ0v) is 11.9. The quantitative estimate of drug-likeness (QED) is 0.866. The molecule has 0 atom stereocenters. The Morgan fingerprint density at radius 3 is 2.53 bits per heavy atom. The topological polar surface area (TPSA) is 67.2 Å². The molecule has 2 N–H and O–H groups in total. The van der Waals surface area contributed by atoms with Gasteiger partial charge in [0.1, 0.15) is 0 Å². The molecule has 0 unspecified atom stereocenters. The van der Waals surface area contributed by atoms with Crippen LogP contribution in [0, 0.1) is 19.8 Å². The number of aliphatic hydroxyl groups excluding tert-OH is 1. The number of aryl methyl sites for hydroxylation is 2. The summed E-state index contributed by atoms with van der Waals surface area (Å²) in [6.45, 7) is 4.46. The predicted molar refractivity (Wildman–Crippen MR) is 73.0 cm³/mol. The Balaban J connectivity index is 1.91. The molecule has 0 radical (unpaired) electrons. The van der Waals surface area contributed by atoms with Gasteiger partial charge < -0.3 is 10.4 Å². The Hall–Kier alpha value is -1.36. The Kier molecular flexibility index (Phi) is 4.24. The number of hydrogen-bond donors (Lipinski definition) is 2. The van der Waals surface area contributed by atoms with Gasteiger partial charge in [0.2, 0.25) is 0 Å². The van der Waals surface area contributed by atoms with Crippen molar-refractivity contribution in [1.29, 1.82) is 0 Å². The van der Waals surface area contributed by atoms with Gasteiger partial charge in [-0.3, -0.25) is 9.48 Å². The summed E-state index contributed by atoms with van der Waals surface area (Å²) in [5.41, 5.74) is 2.36. The molecule has 1 aromatic heterocycles. The Morgan fingerprint density at radius 2 is 2.00 bits per heavy atom. The van der Waals surface area contributed by atoms with Crippen LogP contribution in [0.4, 0.5) is 0 Å². The highest BCUT2D eigenvalue weighted by Gasteiger charge is 2.22. The van der Waals surface area contributed by atoms with Crippen molar-refractivity contribution in [1.82, 2.24) is 15.1 Å². The van der Waals surface area contributed by atoms with E-state index in [1.54, 1.807) is 4.68 Å². The van der Waals surface area contributed by atoms with Crippen LogP contribution in [-0.4, -0.2) is 33.4 Å². The maximum absolute atomic E-state index is 12.2. The number of carbonyl (C=O) groups is 1. The fraction of sp³-hybridized carbons (Fsp3) is 0.714. The van der Waals surface area contributed by atoms with Crippen LogP contribution in [-0.2, 0) is 7.05 Å². The molecule has 5 heteroatoms. The van der Waals surface area contributed by atoms with Gasteiger partial charge in [0, 0.05) is 19.3 Å². The van der Waals surface area contributed by atoms with Crippen LogP contribution in [0.1, 0.15) is 47.4 Å². The average molecular weight is 265 g/mol. The van der Waals surface area contributed by atoms with Crippen molar-refractivity contribution in [2.75, 3.05) is 6.54 Å². The molecule has 1 heterocycles. The normalized spacial score (nSPS) is 23.4. The van der Waals surface area contributed by atoms with Gasteiger partial charge in [0.25, 0.3) is 5.91 Å². The summed E-state index contributed by atoms with van der Waals surface area (Å²) in [6.07, 6.45) is 3.55. The van der Waals surface area contributed by atoms with E-state index in [4.69, 9.17) is 0 Å². The smallest absolute Gasteiger partial charge is 0.255 e. The summed E-state index contributed by atoms with van der Waals surface area (Å²) in [7, 11) is 1.85. The van der Waals surface area contributed by atoms with E-state index in [2.05, 4.69) is 10.4 Å². The lowest BCUT2D eigenvalue weighted by Gasteiger charge is -2.25. The summed E-state index contributed by atoms with van der Waals surface area (Å²) in [6, 6.07) is 0. The molecule has 1 aliphatic rings. The maximum atomic E-state index is 12.2. The minimum atomic E-state index is -0.144. The van der Waals surface area contributed by atoms with Crippen molar-refractivity contribution < 1.29 is 9.90 Å². The molecule has 1 saturated carbocycles. The summed E-state index contributed by atoms with van der Waals surface area (Å²) < 4.78 is 1.74. The summed E-state index contributed by atoms with van der Waals surface area (Å²) in [4.78, 5) is 12.2. The van der Waals surface area contributed by atoms with E-state index in [0.29, 0.717) is 18.0 Å². The molecule has 2 rings (SSSR count). The fourth-order valence-electron chi connectivity index (χ4n) is 2.78. The van der Waals surface area contributed by atoms with Gasteiger partial charge in [-0.15, -0.1) is 0 Å². The van der Waals surface area contributed by atoms with Gasteiger partial charge in [-0.25, -0.2) is 0 Å². The molecular formula is C14H23N3O2. The number of hydrogen-bond acceptors (Lipinski definition) is 3. The van der Waals surface area contributed by atoms with Gasteiger partial charge in [0.05, 0.1) is 17.4 Å². The molecule has 106 valence electrons. The molecule has 5 nitrogen and oxygen atoms in total. The highest BCUT2D eigenvalue weighted by atomic mass is 16.3.